The molecule has 6 rings (SSSR count). The first-order chi connectivity index (χ1) is 19.7. The number of fused-ring (bicyclic) bond motifs is 2. The number of halogens is 2. The summed E-state index contributed by atoms with van der Waals surface area (Å²) >= 11 is 7.62. The van der Waals surface area contributed by atoms with E-state index in [2.05, 4.69) is 148 Å². The van der Waals surface area contributed by atoms with Gasteiger partial charge in [0.25, 0.3) is 0 Å². The third-order valence-electron chi connectivity index (χ3n) is 9.90. The lowest BCUT2D eigenvalue weighted by atomic mass is 9.70. The molecule has 2 saturated heterocycles. The molecule has 0 bridgehead atoms. The molecule has 4 aromatic carbocycles. The van der Waals surface area contributed by atoms with Crippen LogP contribution >= 0.6 is 31.9 Å². The maximum absolute atomic E-state index is 6.58. The van der Waals surface area contributed by atoms with Gasteiger partial charge in [-0.15, -0.1) is 0 Å². The number of benzene rings is 4. The molecule has 0 aliphatic carbocycles. The molecule has 42 heavy (non-hydrogen) atoms. The van der Waals surface area contributed by atoms with E-state index >= 15 is 0 Å². The van der Waals surface area contributed by atoms with Crippen LogP contribution in [0.1, 0.15) is 66.5 Å². The smallest absolute Gasteiger partial charge is 0.399 e. The third-order valence-corrected chi connectivity index (χ3v) is 11.1. The fourth-order valence-corrected chi connectivity index (χ4v) is 6.98. The monoisotopic (exact) mass is 690 g/mol. The molecule has 0 saturated carbocycles. The van der Waals surface area contributed by atoms with Gasteiger partial charge in [-0.05, 0) is 122 Å². The second-order valence-electron chi connectivity index (χ2n) is 13.5. The molecule has 0 N–H and O–H groups in total. The summed E-state index contributed by atoms with van der Waals surface area (Å²) in [6, 6.07) is 21.8. The van der Waals surface area contributed by atoms with E-state index in [4.69, 9.17) is 18.6 Å². The molecule has 0 radical (unpaired) electrons. The van der Waals surface area contributed by atoms with Crippen molar-refractivity contribution >= 4 is 78.6 Å². The molecular weight excluding hydrogens is 654 g/mol. The highest BCUT2D eigenvalue weighted by atomic mass is 79.9. The Hall–Kier alpha value is -1.67. The Kier molecular flexibility index (Phi) is 7.56. The number of hydrogen-bond acceptors (Lipinski definition) is 4. The van der Waals surface area contributed by atoms with Crippen LogP contribution < -0.4 is 10.9 Å². The first kappa shape index (κ1) is 30.4. The van der Waals surface area contributed by atoms with E-state index in [1.54, 1.807) is 0 Å². The highest BCUT2D eigenvalue weighted by molar-refractivity contribution is 9.08. The molecule has 0 aromatic heterocycles. The first-order valence-corrected chi connectivity index (χ1v) is 16.9. The molecule has 0 amide bonds. The molecule has 2 aliphatic heterocycles. The first-order valence-electron chi connectivity index (χ1n) is 14.6. The number of rotatable bonds is 5. The van der Waals surface area contributed by atoms with Gasteiger partial charge in [0.2, 0.25) is 0 Å². The molecule has 2 heterocycles. The van der Waals surface area contributed by atoms with Crippen LogP contribution in [0.2, 0.25) is 0 Å². The topological polar surface area (TPSA) is 36.9 Å². The van der Waals surface area contributed by atoms with E-state index in [0.717, 1.165) is 32.8 Å². The Bertz CT molecular complexity index is 1540. The van der Waals surface area contributed by atoms with Crippen LogP contribution in [0.15, 0.2) is 60.7 Å². The minimum absolute atomic E-state index is 0.425. The predicted molar refractivity (Wildman–Crippen MR) is 184 cm³/mol. The molecule has 2 fully saturated rings. The Balaban J connectivity index is 1.59. The van der Waals surface area contributed by atoms with Crippen LogP contribution in [0, 0.1) is 0 Å². The van der Waals surface area contributed by atoms with Gasteiger partial charge in [-0.3, -0.25) is 0 Å². The van der Waals surface area contributed by atoms with Crippen LogP contribution in [-0.4, -0.2) is 36.6 Å². The van der Waals surface area contributed by atoms with Crippen LogP contribution in [0.5, 0.6) is 0 Å². The van der Waals surface area contributed by atoms with Crippen LogP contribution in [-0.2, 0) is 29.3 Å². The van der Waals surface area contributed by atoms with Gasteiger partial charge in [-0.1, -0.05) is 80.4 Å². The van der Waals surface area contributed by atoms with Gasteiger partial charge in [-0.2, -0.15) is 0 Å². The maximum atomic E-state index is 6.58. The zero-order valence-corrected chi connectivity index (χ0v) is 28.9. The minimum Gasteiger partial charge on any atom is -0.399 e. The lowest BCUT2D eigenvalue weighted by Crippen LogP contribution is -2.41. The van der Waals surface area contributed by atoms with Crippen LogP contribution in [0.4, 0.5) is 0 Å². The van der Waals surface area contributed by atoms with Gasteiger partial charge in [0.1, 0.15) is 0 Å². The molecule has 0 atom stereocenters. The molecule has 0 unspecified atom stereocenters. The molecular formula is C34H38B2Br2O4. The van der Waals surface area contributed by atoms with Crippen molar-refractivity contribution in [2.75, 3.05) is 0 Å². The van der Waals surface area contributed by atoms with Gasteiger partial charge in [0.05, 0.1) is 22.4 Å². The van der Waals surface area contributed by atoms with Crippen LogP contribution in [0.3, 0.4) is 0 Å². The van der Waals surface area contributed by atoms with Gasteiger partial charge in [0.15, 0.2) is 0 Å². The summed E-state index contributed by atoms with van der Waals surface area (Å²) in [6.45, 7) is 16.8. The summed E-state index contributed by atoms with van der Waals surface area (Å²) in [5, 5.41) is 5.98. The van der Waals surface area contributed by atoms with Crippen molar-refractivity contribution in [1.82, 2.24) is 0 Å². The van der Waals surface area contributed by atoms with E-state index in [1.165, 1.54) is 21.9 Å². The zero-order chi connectivity index (χ0) is 30.2. The Morgan fingerprint density at radius 2 is 0.786 bits per heavy atom. The van der Waals surface area contributed by atoms with Gasteiger partial charge < -0.3 is 18.6 Å². The van der Waals surface area contributed by atoms with Gasteiger partial charge in [-0.25, -0.2) is 0 Å². The number of alkyl halides is 2. The van der Waals surface area contributed by atoms with Crippen molar-refractivity contribution in [3.63, 3.8) is 0 Å². The van der Waals surface area contributed by atoms with E-state index in [0.29, 0.717) is 10.7 Å². The minimum atomic E-state index is -0.456. The second kappa shape index (κ2) is 10.5. The summed E-state index contributed by atoms with van der Waals surface area (Å²) in [4.78, 5) is 0. The van der Waals surface area contributed by atoms with Crippen LogP contribution in [0.25, 0.3) is 32.7 Å². The van der Waals surface area contributed by atoms with Crippen molar-refractivity contribution in [3.8, 4) is 11.1 Å². The zero-order valence-electron chi connectivity index (χ0n) is 25.7. The third kappa shape index (κ3) is 4.72. The van der Waals surface area contributed by atoms with Crippen molar-refractivity contribution < 1.29 is 18.6 Å². The molecule has 8 heteroatoms. The SMILES string of the molecule is CC1(C)OB(c2c(CBr)cc(-c3cc(CBr)c(B4OC(C)(C)C(C)(C)O4)c4ccccc34)c3ccccc23)OC1(C)C. The highest BCUT2D eigenvalue weighted by Crippen LogP contribution is 2.42. The lowest BCUT2D eigenvalue weighted by Gasteiger charge is -2.32. The molecule has 218 valence electrons. The summed E-state index contributed by atoms with van der Waals surface area (Å²) in [7, 11) is -0.913. The Labute approximate surface area is 267 Å². The normalized spacial score (nSPS) is 20.6. The van der Waals surface area contributed by atoms with Gasteiger partial charge in [0, 0.05) is 10.7 Å². The molecule has 0 spiro atoms. The lowest BCUT2D eigenvalue weighted by molar-refractivity contribution is 0.00578. The average Bonchev–Trinajstić information content (AvgIpc) is 3.29. The van der Waals surface area contributed by atoms with Crippen molar-refractivity contribution in [2.45, 2.75) is 88.5 Å². The highest BCUT2D eigenvalue weighted by Gasteiger charge is 2.54. The van der Waals surface area contributed by atoms with Gasteiger partial charge >= 0.3 is 14.2 Å². The van der Waals surface area contributed by atoms with E-state index < -0.39 is 36.6 Å². The average molecular weight is 692 g/mol. The standard InChI is InChI=1S/C34H38B2Br2O4/c1-31(2)32(3,4)40-35(39-31)29-21(19-37)17-27(23-13-9-11-15-25(23)29)28-18-22(20-38)30(26-16-12-10-14-24(26)28)36-41-33(5,6)34(7,8)42-36/h9-18H,19-20H2,1-8H3. The largest absolute Gasteiger partial charge is 0.495 e. The van der Waals surface area contributed by atoms with Crippen molar-refractivity contribution in [1.29, 1.82) is 0 Å². The maximum Gasteiger partial charge on any atom is 0.495 e. The van der Waals surface area contributed by atoms with Crippen molar-refractivity contribution in [3.05, 3.63) is 71.8 Å². The number of hydrogen-bond donors (Lipinski definition) is 0. The van der Waals surface area contributed by atoms with E-state index in [1.807, 2.05) is 0 Å². The van der Waals surface area contributed by atoms with E-state index in [-0.39, 0.29) is 0 Å². The molecule has 4 aromatic rings. The predicted octanol–water partition coefficient (Wildman–Crippen LogP) is 8.05. The Morgan fingerprint density at radius 1 is 0.500 bits per heavy atom. The second-order valence-corrected chi connectivity index (χ2v) is 14.7. The fraction of sp³-hybridized carbons (Fsp3) is 0.412. The molecule has 4 nitrogen and oxygen atoms in total. The summed E-state index contributed by atoms with van der Waals surface area (Å²) < 4.78 is 26.3. The van der Waals surface area contributed by atoms with E-state index in [9.17, 15) is 0 Å². The van der Waals surface area contributed by atoms with Crippen molar-refractivity contribution in [2.24, 2.45) is 0 Å². The quantitative estimate of drug-likeness (QED) is 0.157. The fourth-order valence-electron chi connectivity index (χ4n) is 6.06. The summed E-state index contributed by atoms with van der Waals surface area (Å²) in [5.41, 5.74) is 5.14. The Morgan fingerprint density at radius 3 is 1.07 bits per heavy atom. The summed E-state index contributed by atoms with van der Waals surface area (Å²) in [5.74, 6) is 0. The molecule has 2 aliphatic rings. The summed E-state index contributed by atoms with van der Waals surface area (Å²) in [6.07, 6.45) is 0.